The summed E-state index contributed by atoms with van der Waals surface area (Å²) < 4.78 is 11.2. The van der Waals surface area contributed by atoms with Gasteiger partial charge in [-0.15, -0.1) is 0 Å². The van der Waals surface area contributed by atoms with Crippen molar-refractivity contribution in [1.82, 2.24) is 5.32 Å². The molecule has 0 bridgehead atoms. The van der Waals surface area contributed by atoms with Gasteiger partial charge in [-0.25, -0.2) is 0 Å². The number of methoxy groups -OCH3 is 1. The molecule has 0 radical (unpaired) electrons. The number of carbonyl (C=O) groups excluding carboxylic acids is 1. The molecule has 1 aliphatic rings. The van der Waals surface area contributed by atoms with Crippen LogP contribution in [0.25, 0.3) is 0 Å². The smallest absolute Gasteiger partial charge is 0.226 e. The van der Waals surface area contributed by atoms with Gasteiger partial charge in [0.25, 0.3) is 0 Å². The Bertz CT molecular complexity index is 657. The first-order chi connectivity index (χ1) is 11.3. The Balaban J connectivity index is 1.57. The van der Waals surface area contributed by atoms with Crippen LogP contribution in [0.3, 0.4) is 0 Å². The molecule has 2 atom stereocenters. The lowest BCUT2D eigenvalue weighted by Gasteiger charge is -2.25. The number of hydrogen-bond acceptors (Lipinski definition) is 3. The van der Waals surface area contributed by atoms with E-state index in [1.807, 2.05) is 54.6 Å². The van der Waals surface area contributed by atoms with Gasteiger partial charge in [0.15, 0.2) is 0 Å². The quantitative estimate of drug-likeness (QED) is 0.923. The lowest BCUT2D eigenvalue weighted by Crippen LogP contribution is -2.39. The van der Waals surface area contributed by atoms with Crippen molar-refractivity contribution in [3.63, 3.8) is 0 Å². The molecule has 1 heterocycles. The van der Waals surface area contributed by atoms with E-state index in [4.69, 9.17) is 9.47 Å². The van der Waals surface area contributed by atoms with Gasteiger partial charge in [0.1, 0.15) is 12.4 Å². The maximum atomic E-state index is 12.4. The van der Waals surface area contributed by atoms with Crippen molar-refractivity contribution in [2.45, 2.75) is 12.5 Å². The summed E-state index contributed by atoms with van der Waals surface area (Å²) in [5, 5.41) is 2.99. The third-order valence-corrected chi connectivity index (χ3v) is 4.17. The highest BCUT2D eigenvalue weighted by atomic mass is 16.5. The summed E-state index contributed by atoms with van der Waals surface area (Å²) in [4.78, 5) is 12.4. The highest BCUT2D eigenvalue weighted by Gasteiger charge is 2.26. The summed E-state index contributed by atoms with van der Waals surface area (Å²) in [6.07, 6.45) is 0.572. The summed E-state index contributed by atoms with van der Waals surface area (Å²) in [6.45, 7) is 0.878. The lowest BCUT2D eigenvalue weighted by molar-refractivity contribution is -0.126. The van der Waals surface area contributed by atoms with Gasteiger partial charge >= 0.3 is 0 Å². The molecule has 1 aliphatic heterocycles. The van der Waals surface area contributed by atoms with E-state index >= 15 is 0 Å². The maximum absolute atomic E-state index is 12.4. The molecule has 4 heteroatoms. The second-order valence-electron chi connectivity index (χ2n) is 5.70. The van der Waals surface area contributed by atoms with Crippen LogP contribution < -0.4 is 10.1 Å². The van der Waals surface area contributed by atoms with E-state index in [0.29, 0.717) is 19.6 Å². The number of fused-ring (bicyclic) bond motifs is 1. The van der Waals surface area contributed by atoms with Crippen molar-refractivity contribution in [3.05, 3.63) is 65.7 Å². The number of para-hydroxylation sites is 1. The summed E-state index contributed by atoms with van der Waals surface area (Å²) in [5.74, 6) is 0.742. The molecule has 2 aromatic carbocycles. The summed E-state index contributed by atoms with van der Waals surface area (Å²) >= 11 is 0. The van der Waals surface area contributed by atoms with Gasteiger partial charge in [0.05, 0.1) is 12.0 Å². The van der Waals surface area contributed by atoms with E-state index in [-0.39, 0.29) is 17.9 Å². The number of amides is 1. The Labute approximate surface area is 136 Å². The van der Waals surface area contributed by atoms with Crippen molar-refractivity contribution in [2.24, 2.45) is 5.92 Å². The predicted octanol–water partition coefficient (Wildman–Crippen LogP) is 2.74. The average Bonchev–Trinajstić information content (AvgIpc) is 2.62. The molecule has 2 aromatic rings. The van der Waals surface area contributed by atoms with Crippen LogP contribution in [0.4, 0.5) is 0 Å². The van der Waals surface area contributed by atoms with E-state index in [1.54, 1.807) is 7.11 Å². The molecule has 23 heavy (non-hydrogen) atoms. The molecule has 0 saturated heterocycles. The molecule has 0 spiro atoms. The fourth-order valence-electron chi connectivity index (χ4n) is 2.84. The van der Waals surface area contributed by atoms with Gasteiger partial charge in [-0.3, -0.25) is 4.79 Å². The summed E-state index contributed by atoms with van der Waals surface area (Å²) in [6, 6.07) is 17.8. The van der Waals surface area contributed by atoms with Gasteiger partial charge in [0.2, 0.25) is 5.91 Å². The van der Waals surface area contributed by atoms with Crippen LogP contribution in [-0.4, -0.2) is 26.2 Å². The molecule has 3 rings (SSSR count). The molecule has 120 valence electrons. The van der Waals surface area contributed by atoms with Gasteiger partial charge < -0.3 is 14.8 Å². The second kappa shape index (κ2) is 7.29. The van der Waals surface area contributed by atoms with Gasteiger partial charge in [-0.05, 0) is 23.6 Å². The first kappa shape index (κ1) is 15.6. The van der Waals surface area contributed by atoms with Gasteiger partial charge in [-0.1, -0.05) is 48.5 Å². The third-order valence-electron chi connectivity index (χ3n) is 4.17. The zero-order chi connectivity index (χ0) is 16.1. The molecule has 2 unspecified atom stereocenters. The standard InChI is InChI=1S/C19H21NO3/c1-22-18(14-7-3-2-4-8-14)12-20-19(21)16-11-15-9-5-6-10-17(15)23-13-16/h2-10,16,18H,11-13H2,1H3,(H,20,21). The number of ether oxygens (including phenoxy) is 2. The predicted molar refractivity (Wildman–Crippen MR) is 88.3 cm³/mol. The molecule has 0 fully saturated rings. The number of rotatable bonds is 5. The topological polar surface area (TPSA) is 47.6 Å². The average molecular weight is 311 g/mol. The van der Waals surface area contributed by atoms with Crippen molar-refractivity contribution >= 4 is 5.91 Å². The molecule has 1 N–H and O–H groups in total. The van der Waals surface area contributed by atoms with Crippen molar-refractivity contribution in [2.75, 3.05) is 20.3 Å². The Morgan fingerprint density at radius 3 is 2.74 bits per heavy atom. The highest BCUT2D eigenvalue weighted by Crippen LogP contribution is 2.27. The molecule has 1 amide bonds. The third kappa shape index (κ3) is 3.71. The Hall–Kier alpha value is -2.33. The number of nitrogens with one attached hydrogen (secondary N) is 1. The normalized spacial score (nSPS) is 17.7. The number of benzene rings is 2. The van der Waals surface area contributed by atoms with Crippen molar-refractivity contribution in [1.29, 1.82) is 0 Å². The van der Waals surface area contributed by atoms with Crippen LogP contribution in [0, 0.1) is 5.92 Å². The largest absolute Gasteiger partial charge is 0.492 e. The van der Waals surface area contributed by atoms with E-state index in [9.17, 15) is 4.79 Å². The lowest BCUT2D eigenvalue weighted by atomic mass is 9.96. The van der Waals surface area contributed by atoms with Gasteiger partial charge in [-0.2, -0.15) is 0 Å². The van der Waals surface area contributed by atoms with Crippen LogP contribution in [0.5, 0.6) is 5.75 Å². The van der Waals surface area contributed by atoms with Crippen molar-refractivity contribution in [3.8, 4) is 5.75 Å². The van der Waals surface area contributed by atoms with Crippen molar-refractivity contribution < 1.29 is 14.3 Å². The molecule has 0 saturated carbocycles. The highest BCUT2D eigenvalue weighted by molar-refractivity contribution is 5.79. The number of carbonyl (C=O) groups is 1. The van der Waals surface area contributed by atoms with E-state index in [0.717, 1.165) is 16.9 Å². The zero-order valence-corrected chi connectivity index (χ0v) is 13.2. The monoisotopic (exact) mass is 311 g/mol. The van der Waals surface area contributed by atoms with Crippen LogP contribution in [0.2, 0.25) is 0 Å². The minimum Gasteiger partial charge on any atom is -0.492 e. The minimum atomic E-state index is -0.154. The maximum Gasteiger partial charge on any atom is 0.226 e. The second-order valence-corrected chi connectivity index (χ2v) is 5.70. The van der Waals surface area contributed by atoms with Crippen LogP contribution in [-0.2, 0) is 16.0 Å². The Morgan fingerprint density at radius 1 is 1.22 bits per heavy atom. The molecular weight excluding hydrogens is 290 g/mol. The summed E-state index contributed by atoms with van der Waals surface area (Å²) in [5.41, 5.74) is 2.14. The van der Waals surface area contributed by atoms with E-state index in [1.165, 1.54) is 0 Å². The first-order valence-corrected chi connectivity index (χ1v) is 7.84. The fourth-order valence-corrected chi connectivity index (χ4v) is 2.84. The minimum absolute atomic E-state index is 0.0116. The van der Waals surface area contributed by atoms with E-state index < -0.39 is 0 Å². The molecular formula is C19H21NO3. The zero-order valence-electron chi connectivity index (χ0n) is 13.2. The molecule has 4 nitrogen and oxygen atoms in total. The Kier molecular flexibility index (Phi) is 4.93. The van der Waals surface area contributed by atoms with Crippen LogP contribution in [0.15, 0.2) is 54.6 Å². The van der Waals surface area contributed by atoms with Gasteiger partial charge in [0, 0.05) is 13.7 Å². The molecule has 0 aliphatic carbocycles. The molecule has 0 aromatic heterocycles. The fraction of sp³-hybridized carbons (Fsp3) is 0.316. The number of hydrogen-bond donors (Lipinski definition) is 1. The first-order valence-electron chi connectivity index (χ1n) is 7.84. The SMILES string of the molecule is COC(CNC(=O)C1COc2ccccc2C1)c1ccccc1. The Morgan fingerprint density at radius 2 is 1.96 bits per heavy atom. The summed E-state index contributed by atoms with van der Waals surface area (Å²) in [7, 11) is 1.66. The van der Waals surface area contributed by atoms with Crippen LogP contribution >= 0.6 is 0 Å². The van der Waals surface area contributed by atoms with Crippen LogP contribution in [0.1, 0.15) is 17.2 Å². The van der Waals surface area contributed by atoms with E-state index in [2.05, 4.69) is 5.32 Å².